The van der Waals surface area contributed by atoms with Crippen molar-refractivity contribution in [3.63, 3.8) is 0 Å². The second-order valence-electron chi connectivity index (χ2n) is 6.33. The predicted molar refractivity (Wildman–Crippen MR) is 83.4 cm³/mol. The molecule has 0 aliphatic heterocycles. The fourth-order valence-corrected chi connectivity index (χ4v) is 2.41. The van der Waals surface area contributed by atoms with Crippen molar-refractivity contribution in [2.24, 2.45) is 0 Å². The second kappa shape index (κ2) is 6.11. The summed E-state index contributed by atoms with van der Waals surface area (Å²) < 4.78 is 19.8. The van der Waals surface area contributed by atoms with Gasteiger partial charge in [0.15, 0.2) is 0 Å². The average molecular weight is 302 g/mol. The van der Waals surface area contributed by atoms with Crippen LogP contribution in [0.3, 0.4) is 0 Å². The van der Waals surface area contributed by atoms with Gasteiger partial charge in [-0.2, -0.15) is 10.5 Å². The second-order valence-corrected chi connectivity index (χ2v) is 11.1. The summed E-state index contributed by atoms with van der Waals surface area (Å²) in [7, 11) is -2.02. The highest BCUT2D eigenvalue weighted by Crippen LogP contribution is 2.37. The van der Waals surface area contributed by atoms with Crippen LogP contribution in [-0.4, -0.2) is 8.32 Å². The van der Waals surface area contributed by atoms with Crippen molar-refractivity contribution in [3.8, 4) is 17.9 Å². The van der Waals surface area contributed by atoms with Crippen molar-refractivity contribution in [1.82, 2.24) is 0 Å². The molecule has 0 saturated carbocycles. The van der Waals surface area contributed by atoms with Gasteiger partial charge >= 0.3 is 0 Å². The third-order valence-electron chi connectivity index (χ3n) is 3.69. The lowest BCUT2D eigenvalue weighted by molar-refractivity contribution is 0.490. The molecule has 0 amide bonds. The minimum atomic E-state index is -2.02. The lowest BCUT2D eigenvalue weighted by Crippen LogP contribution is -2.43. The molecule has 0 unspecified atom stereocenters. The summed E-state index contributed by atoms with van der Waals surface area (Å²) in [4.78, 5) is 0. The highest BCUT2D eigenvalue weighted by atomic mass is 28.4. The first-order chi connectivity index (χ1) is 9.60. The molecule has 0 aromatic heterocycles. The molecule has 0 aliphatic rings. The van der Waals surface area contributed by atoms with Gasteiger partial charge < -0.3 is 4.43 Å². The Morgan fingerprint density at radius 3 is 2.29 bits per heavy atom. The summed E-state index contributed by atoms with van der Waals surface area (Å²) in [5.41, 5.74) is 0.0442. The van der Waals surface area contributed by atoms with E-state index in [4.69, 9.17) is 14.9 Å². The number of benzene rings is 1. The maximum Gasteiger partial charge on any atom is 0.250 e. The van der Waals surface area contributed by atoms with Gasteiger partial charge in [0.1, 0.15) is 29.3 Å². The maximum absolute atomic E-state index is 13.8. The summed E-state index contributed by atoms with van der Waals surface area (Å²) in [6.45, 7) is 10.6. The molecule has 0 radical (unpaired) electrons. The summed E-state index contributed by atoms with van der Waals surface area (Å²) in [6.07, 6.45) is 1.23. The van der Waals surface area contributed by atoms with Gasteiger partial charge in [0.05, 0.1) is 0 Å². The minimum absolute atomic E-state index is 0.0296. The zero-order valence-corrected chi connectivity index (χ0v) is 14.0. The van der Waals surface area contributed by atoms with Gasteiger partial charge in [-0.05, 0) is 42.4 Å². The van der Waals surface area contributed by atoms with Crippen molar-refractivity contribution in [2.45, 2.75) is 38.9 Å². The minimum Gasteiger partial charge on any atom is -0.543 e. The first-order valence-corrected chi connectivity index (χ1v) is 9.52. The van der Waals surface area contributed by atoms with Crippen LogP contribution in [0.4, 0.5) is 4.39 Å². The molecule has 1 aromatic rings. The van der Waals surface area contributed by atoms with E-state index in [1.807, 2.05) is 0 Å². The predicted octanol–water partition coefficient (Wildman–Crippen LogP) is 4.64. The average Bonchev–Trinajstić information content (AvgIpc) is 2.37. The summed E-state index contributed by atoms with van der Waals surface area (Å²) >= 11 is 0. The molecule has 0 bridgehead atoms. The number of rotatable bonds is 3. The van der Waals surface area contributed by atoms with E-state index >= 15 is 0 Å². The van der Waals surface area contributed by atoms with Crippen LogP contribution in [0.1, 0.15) is 26.3 Å². The fourth-order valence-electron chi connectivity index (χ4n) is 1.39. The van der Waals surface area contributed by atoms with E-state index in [2.05, 4.69) is 33.9 Å². The summed E-state index contributed by atoms with van der Waals surface area (Å²) in [6, 6.07) is 7.84. The number of hydrogen-bond acceptors (Lipinski definition) is 3. The Bertz CT molecular complexity index is 630. The fraction of sp³-hybridized carbons (Fsp3) is 0.375. The van der Waals surface area contributed by atoms with Crippen molar-refractivity contribution in [2.75, 3.05) is 0 Å². The molecule has 0 N–H and O–H groups in total. The van der Waals surface area contributed by atoms with Crippen molar-refractivity contribution in [1.29, 1.82) is 10.5 Å². The van der Waals surface area contributed by atoms with Gasteiger partial charge in [-0.3, -0.25) is 0 Å². The van der Waals surface area contributed by atoms with Crippen LogP contribution in [0.2, 0.25) is 18.1 Å². The molecule has 0 spiro atoms. The lowest BCUT2D eigenvalue weighted by atomic mass is 10.1. The van der Waals surface area contributed by atoms with Gasteiger partial charge in [-0.25, -0.2) is 4.39 Å². The Morgan fingerprint density at radius 1 is 1.24 bits per heavy atom. The normalized spacial score (nSPS) is 11.2. The molecule has 3 nitrogen and oxygen atoms in total. The molecule has 110 valence electrons. The molecule has 5 heteroatoms. The molecule has 1 aromatic carbocycles. The standard InChI is InChI=1S/C16H19FN2OSi/c1-16(2,3)21(4,5)20-14-6-7-15(17)13(9-14)8-12(10-18)11-19/h6-9H,1-5H3. The van der Waals surface area contributed by atoms with Crippen LogP contribution in [0.15, 0.2) is 23.8 Å². The molecular weight excluding hydrogens is 283 g/mol. The maximum atomic E-state index is 13.8. The zero-order valence-electron chi connectivity index (χ0n) is 13.0. The van der Waals surface area contributed by atoms with Gasteiger partial charge in [0.2, 0.25) is 8.32 Å². The van der Waals surface area contributed by atoms with Crippen LogP contribution in [-0.2, 0) is 0 Å². The lowest BCUT2D eigenvalue weighted by Gasteiger charge is -2.36. The van der Waals surface area contributed by atoms with Crippen molar-refractivity contribution in [3.05, 3.63) is 35.2 Å². The van der Waals surface area contributed by atoms with Crippen molar-refractivity contribution < 1.29 is 8.82 Å². The van der Waals surface area contributed by atoms with Crippen LogP contribution in [0.5, 0.6) is 5.75 Å². The van der Waals surface area contributed by atoms with E-state index in [0.717, 1.165) is 0 Å². The van der Waals surface area contributed by atoms with Crippen LogP contribution in [0, 0.1) is 28.5 Å². The zero-order chi connectivity index (χ0) is 16.3. The van der Waals surface area contributed by atoms with Gasteiger partial charge in [-0.15, -0.1) is 0 Å². The number of allylic oxidation sites excluding steroid dienone is 1. The number of hydrogen-bond donors (Lipinski definition) is 0. The van der Waals surface area contributed by atoms with Crippen molar-refractivity contribution >= 4 is 14.4 Å². The number of nitriles is 2. The molecular formula is C16H19FN2OSi. The molecule has 0 heterocycles. The molecule has 0 saturated heterocycles. The summed E-state index contributed by atoms with van der Waals surface area (Å²) in [5, 5.41) is 17.5. The van der Waals surface area contributed by atoms with E-state index in [1.54, 1.807) is 18.2 Å². The van der Waals surface area contributed by atoms with E-state index in [9.17, 15) is 4.39 Å². The molecule has 0 fully saturated rings. The van der Waals surface area contributed by atoms with E-state index in [-0.39, 0.29) is 16.2 Å². The van der Waals surface area contributed by atoms with Gasteiger partial charge in [0.25, 0.3) is 0 Å². The Labute approximate surface area is 126 Å². The smallest absolute Gasteiger partial charge is 0.250 e. The molecule has 1 rings (SSSR count). The van der Waals surface area contributed by atoms with E-state index in [1.165, 1.54) is 18.2 Å². The summed E-state index contributed by atoms with van der Waals surface area (Å²) in [5.74, 6) is 0.0741. The first-order valence-electron chi connectivity index (χ1n) is 6.61. The SMILES string of the molecule is CC(C)(C)[Si](C)(C)Oc1ccc(F)c(C=C(C#N)C#N)c1. The third kappa shape index (κ3) is 4.17. The van der Waals surface area contributed by atoms with Crippen LogP contribution in [0.25, 0.3) is 6.08 Å². The van der Waals surface area contributed by atoms with Gasteiger partial charge in [0, 0.05) is 5.56 Å². The van der Waals surface area contributed by atoms with Crippen LogP contribution < -0.4 is 4.43 Å². The van der Waals surface area contributed by atoms with Crippen LogP contribution >= 0.6 is 0 Å². The van der Waals surface area contributed by atoms with Gasteiger partial charge in [-0.1, -0.05) is 20.8 Å². The van der Waals surface area contributed by atoms with E-state index < -0.39 is 14.1 Å². The third-order valence-corrected chi connectivity index (χ3v) is 8.05. The monoisotopic (exact) mass is 302 g/mol. The molecule has 0 aliphatic carbocycles. The topological polar surface area (TPSA) is 56.8 Å². The Balaban J connectivity index is 3.18. The van der Waals surface area contributed by atoms with E-state index in [0.29, 0.717) is 5.75 Å². The molecule has 0 atom stereocenters. The molecule has 21 heavy (non-hydrogen) atoms. The number of nitrogens with zero attached hydrogens (tertiary/aromatic N) is 2. The Morgan fingerprint density at radius 2 is 1.81 bits per heavy atom. The highest BCUT2D eigenvalue weighted by Gasteiger charge is 2.39. The largest absolute Gasteiger partial charge is 0.543 e. The Kier molecular flexibility index (Phi) is 4.93. The number of halogens is 1. The first kappa shape index (κ1) is 16.9. The highest BCUT2D eigenvalue weighted by molar-refractivity contribution is 6.74. The quantitative estimate of drug-likeness (QED) is 0.603. The Hall–Kier alpha value is -2.11.